The molecule has 1 aromatic carbocycles. The Bertz CT molecular complexity index is 694. The maximum absolute atomic E-state index is 5.30. The van der Waals surface area contributed by atoms with Crippen LogP contribution in [-0.2, 0) is 0 Å². The van der Waals surface area contributed by atoms with E-state index in [1.54, 1.807) is 46.6 Å². The molecule has 2 rings (SSSR count). The average molecular weight is 318 g/mol. The fourth-order valence-electron chi connectivity index (χ4n) is 1.90. The molecule has 0 N–H and O–H groups in total. The lowest BCUT2D eigenvalue weighted by Crippen LogP contribution is -1.98. The van der Waals surface area contributed by atoms with Crippen LogP contribution in [0.5, 0.6) is 23.3 Å². The van der Waals surface area contributed by atoms with Gasteiger partial charge in [-0.3, -0.25) is 0 Å². The summed E-state index contributed by atoms with van der Waals surface area (Å²) in [6.07, 6.45) is 1.60. The van der Waals surface area contributed by atoms with Crippen LogP contribution in [0, 0.1) is 6.92 Å². The number of aliphatic imine (C=N–C) groups is 1. The van der Waals surface area contributed by atoms with Crippen LogP contribution in [0.3, 0.4) is 0 Å². The van der Waals surface area contributed by atoms with E-state index >= 15 is 0 Å². The SMILES string of the molecule is COc1nc(C)nc(/N=C/c2cc(OC)c(OC)c(OC)c2)n1. The third-order valence-electron chi connectivity index (χ3n) is 2.91. The van der Waals surface area contributed by atoms with Gasteiger partial charge in [0.25, 0.3) is 5.95 Å². The Labute approximate surface area is 134 Å². The van der Waals surface area contributed by atoms with Gasteiger partial charge in [0.2, 0.25) is 5.75 Å². The molecule has 1 aromatic heterocycles. The third kappa shape index (κ3) is 3.85. The fourth-order valence-corrected chi connectivity index (χ4v) is 1.90. The van der Waals surface area contributed by atoms with Crippen LogP contribution in [0.25, 0.3) is 0 Å². The summed E-state index contributed by atoms with van der Waals surface area (Å²) in [6, 6.07) is 3.77. The summed E-state index contributed by atoms with van der Waals surface area (Å²) in [6.45, 7) is 1.74. The predicted molar refractivity (Wildman–Crippen MR) is 84.5 cm³/mol. The number of hydrogen-bond acceptors (Lipinski definition) is 8. The number of aromatic nitrogens is 3. The van der Waals surface area contributed by atoms with E-state index in [2.05, 4.69) is 19.9 Å². The topological polar surface area (TPSA) is 88.0 Å². The Hall–Kier alpha value is -2.90. The second-order valence-electron chi connectivity index (χ2n) is 4.39. The van der Waals surface area contributed by atoms with Crippen LogP contribution in [0.2, 0.25) is 0 Å². The van der Waals surface area contributed by atoms with Crippen molar-refractivity contribution >= 4 is 12.2 Å². The summed E-state index contributed by atoms with van der Waals surface area (Å²) in [4.78, 5) is 16.4. The largest absolute Gasteiger partial charge is 0.493 e. The minimum Gasteiger partial charge on any atom is -0.493 e. The Morgan fingerprint density at radius 3 is 2.04 bits per heavy atom. The van der Waals surface area contributed by atoms with Crippen molar-refractivity contribution in [3.63, 3.8) is 0 Å². The summed E-state index contributed by atoms with van der Waals surface area (Å²) < 4.78 is 20.9. The molecule has 0 amide bonds. The van der Waals surface area contributed by atoms with Gasteiger partial charge in [-0.2, -0.15) is 15.0 Å². The number of rotatable bonds is 6. The normalized spacial score (nSPS) is 10.7. The Balaban J connectivity index is 2.37. The van der Waals surface area contributed by atoms with Gasteiger partial charge in [0.1, 0.15) is 5.82 Å². The molecule has 2 aromatic rings. The number of aryl methyl sites for hydroxylation is 1. The Morgan fingerprint density at radius 1 is 0.870 bits per heavy atom. The molecule has 122 valence electrons. The molecule has 8 nitrogen and oxygen atoms in total. The molecule has 0 aliphatic carbocycles. The molecule has 0 spiro atoms. The summed E-state index contributed by atoms with van der Waals surface area (Å²) in [5.41, 5.74) is 0.747. The average Bonchev–Trinajstić information content (AvgIpc) is 2.58. The van der Waals surface area contributed by atoms with Crippen molar-refractivity contribution in [1.29, 1.82) is 0 Å². The van der Waals surface area contributed by atoms with E-state index in [9.17, 15) is 0 Å². The van der Waals surface area contributed by atoms with E-state index in [-0.39, 0.29) is 12.0 Å². The van der Waals surface area contributed by atoms with Crippen LogP contribution in [0.4, 0.5) is 5.95 Å². The van der Waals surface area contributed by atoms with Gasteiger partial charge in [0.05, 0.1) is 28.4 Å². The molecule has 8 heteroatoms. The van der Waals surface area contributed by atoms with Crippen LogP contribution < -0.4 is 18.9 Å². The van der Waals surface area contributed by atoms with Gasteiger partial charge in [-0.05, 0) is 19.1 Å². The molecule has 0 aliphatic rings. The van der Waals surface area contributed by atoms with Gasteiger partial charge < -0.3 is 18.9 Å². The maximum Gasteiger partial charge on any atom is 0.321 e. The first-order chi connectivity index (χ1) is 11.1. The molecular weight excluding hydrogens is 300 g/mol. The van der Waals surface area contributed by atoms with Gasteiger partial charge in [-0.25, -0.2) is 4.99 Å². The quantitative estimate of drug-likeness (QED) is 0.752. The van der Waals surface area contributed by atoms with E-state index in [0.29, 0.717) is 23.1 Å². The highest BCUT2D eigenvalue weighted by Gasteiger charge is 2.12. The van der Waals surface area contributed by atoms with E-state index in [1.807, 2.05) is 0 Å². The number of ether oxygens (including phenoxy) is 4. The minimum absolute atomic E-state index is 0.217. The Morgan fingerprint density at radius 2 is 1.52 bits per heavy atom. The molecule has 0 radical (unpaired) electrons. The molecule has 0 aliphatic heterocycles. The van der Waals surface area contributed by atoms with E-state index < -0.39 is 0 Å². The van der Waals surface area contributed by atoms with Gasteiger partial charge >= 0.3 is 6.01 Å². The van der Waals surface area contributed by atoms with Gasteiger partial charge in [-0.15, -0.1) is 0 Å². The molecule has 0 saturated carbocycles. The van der Waals surface area contributed by atoms with Crippen LogP contribution in [-0.4, -0.2) is 49.6 Å². The van der Waals surface area contributed by atoms with Crippen LogP contribution >= 0.6 is 0 Å². The smallest absolute Gasteiger partial charge is 0.321 e. The third-order valence-corrected chi connectivity index (χ3v) is 2.91. The summed E-state index contributed by atoms with van der Waals surface area (Å²) in [5.74, 6) is 2.37. The highest BCUT2D eigenvalue weighted by Crippen LogP contribution is 2.37. The van der Waals surface area contributed by atoms with Crippen molar-refractivity contribution in [2.45, 2.75) is 6.92 Å². The molecule has 0 bridgehead atoms. The number of benzene rings is 1. The second kappa shape index (κ2) is 7.39. The molecular formula is C15H18N4O4. The monoisotopic (exact) mass is 318 g/mol. The van der Waals surface area contributed by atoms with Gasteiger partial charge in [0.15, 0.2) is 11.5 Å². The lowest BCUT2D eigenvalue weighted by Gasteiger charge is -2.12. The standard InChI is InChI=1S/C15H18N4O4/c1-9-17-14(19-15(18-9)23-5)16-8-10-6-11(20-2)13(22-4)12(7-10)21-3/h6-8H,1-5H3/b16-8+. The summed E-state index contributed by atoms with van der Waals surface area (Å²) >= 11 is 0. The highest BCUT2D eigenvalue weighted by atomic mass is 16.5. The first-order valence-corrected chi connectivity index (χ1v) is 6.72. The Kier molecular flexibility index (Phi) is 5.29. The zero-order chi connectivity index (χ0) is 16.8. The van der Waals surface area contributed by atoms with Crippen molar-refractivity contribution in [3.05, 3.63) is 23.5 Å². The zero-order valence-corrected chi connectivity index (χ0v) is 13.7. The molecule has 1 heterocycles. The van der Waals surface area contributed by atoms with Crippen molar-refractivity contribution in [3.8, 4) is 23.3 Å². The molecule has 23 heavy (non-hydrogen) atoms. The van der Waals surface area contributed by atoms with Crippen LogP contribution in [0.15, 0.2) is 17.1 Å². The van der Waals surface area contributed by atoms with Crippen molar-refractivity contribution in [2.75, 3.05) is 28.4 Å². The minimum atomic E-state index is 0.217. The van der Waals surface area contributed by atoms with E-state index in [0.717, 1.165) is 5.56 Å². The molecule has 0 saturated heterocycles. The molecule has 0 fully saturated rings. The number of nitrogens with zero attached hydrogens (tertiary/aromatic N) is 4. The zero-order valence-electron chi connectivity index (χ0n) is 13.7. The predicted octanol–water partition coefficient (Wildman–Crippen LogP) is 1.97. The van der Waals surface area contributed by atoms with E-state index in [1.165, 1.54) is 7.11 Å². The fraction of sp³-hybridized carbons (Fsp3) is 0.333. The molecule has 0 atom stereocenters. The maximum atomic E-state index is 5.30. The van der Waals surface area contributed by atoms with Gasteiger partial charge in [0, 0.05) is 11.8 Å². The van der Waals surface area contributed by atoms with Gasteiger partial charge in [-0.1, -0.05) is 0 Å². The lowest BCUT2D eigenvalue weighted by molar-refractivity contribution is 0.324. The highest BCUT2D eigenvalue weighted by molar-refractivity contribution is 5.83. The summed E-state index contributed by atoms with van der Waals surface area (Å²) in [5, 5.41) is 0. The molecule has 0 unspecified atom stereocenters. The first kappa shape index (κ1) is 16.5. The number of hydrogen-bond donors (Lipinski definition) is 0. The van der Waals surface area contributed by atoms with Crippen molar-refractivity contribution in [2.24, 2.45) is 4.99 Å². The lowest BCUT2D eigenvalue weighted by atomic mass is 10.2. The van der Waals surface area contributed by atoms with Crippen LogP contribution in [0.1, 0.15) is 11.4 Å². The van der Waals surface area contributed by atoms with E-state index in [4.69, 9.17) is 18.9 Å². The number of methoxy groups -OCH3 is 4. The van der Waals surface area contributed by atoms with Crippen molar-refractivity contribution < 1.29 is 18.9 Å². The van der Waals surface area contributed by atoms with Crippen molar-refractivity contribution in [1.82, 2.24) is 15.0 Å². The summed E-state index contributed by atoms with van der Waals surface area (Å²) in [7, 11) is 6.15. The first-order valence-electron chi connectivity index (χ1n) is 6.72. The second-order valence-corrected chi connectivity index (χ2v) is 4.39.